The van der Waals surface area contributed by atoms with Gasteiger partial charge in [-0.1, -0.05) is 19.1 Å². The fourth-order valence-electron chi connectivity index (χ4n) is 1.91. The minimum atomic E-state index is -3.25. The highest BCUT2D eigenvalue weighted by molar-refractivity contribution is 7.88. The number of carbonyl (C=O) groups is 1. The first-order chi connectivity index (χ1) is 9.90. The van der Waals surface area contributed by atoms with Gasteiger partial charge in [-0.2, -0.15) is 0 Å². The van der Waals surface area contributed by atoms with E-state index in [1.165, 1.54) is 17.7 Å². The van der Waals surface area contributed by atoms with Crippen LogP contribution in [-0.4, -0.2) is 51.6 Å². The van der Waals surface area contributed by atoms with Crippen molar-refractivity contribution in [3.63, 3.8) is 0 Å². The van der Waals surface area contributed by atoms with E-state index in [-0.39, 0.29) is 19.0 Å². The minimum absolute atomic E-state index is 0.254. The second kappa shape index (κ2) is 7.99. The van der Waals surface area contributed by atoms with E-state index in [2.05, 4.69) is 5.32 Å². The van der Waals surface area contributed by atoms with E-state index in [9.17, 15) is 13.2 Å². The maximum Gasteiger partial charge on any atom is 0.255 e. The summed E-state index contributed by atoms with van der Waals surface area (Å²) in [5, 5.41) is 2.71. The molecule has 0 aromatic heterocycles. The van der Waals surface area contributed by atoms with Gasteiger partial charge < -0.3 is 10.1 Å². The summed E-state index contributed by atoms with van der Waals surface area (Å²) in [5.74, 6) is 0.209. The number of para-hydroxylation sites is 1. The fraction of sp³-hybridized carbons (Fsp3) is 0.500. The first-order valence-electron chi connectivity index (χ1n) is 6.76. The van der Waals surface area contributed by atoms with Crippen molar-refractivity contribution in [3.05, 3.63) is 29.8 Å². The van der Waals surface area contributed by atoms with E-state index in [0.29, 0.717) is 17.9 Å². The van der Waals surface area contributed by atoms with E-state index in [4.69, 9.17) is 4.74 Å². The third kappa shape index (κ3) is 5.35. The predicted octanol–water partition coefficient (Wildman–Crippen LogP) is 1.10. The van der Waals surface area contributed by atoms with E-state index in [0.717, 1.165) is 6.42 Å². The maximum absolute atomic E-state index is 12.1. The lowest BCUT2D eigenvalue weighted by atomic mass is 10.2. The van der Waals surface area contributed by atoms with Gasteiger partial charge >= 0.3 is 0 Å². The quantitative estimate of drug-likeness (QED) is 0.779. The molecule has 0 aliphatic rings. The Labute approximate surface area is 126 Å². The summed E-state index contributed by atoms with van der Waals surface area (Å²) in [5.41, 5.74) is 0.432. The number of nitrogens with zero attached hydrogens (tertiary/aromatic N) is 1. The van der Waals surface area contributed by atoms with E-state index in [1.807, 2.05) is 6.92 Å². The largest absolute Gasteiger partial charge is 0.496 e. The van der Waals surface area contributed by atoms with Gasteiger partial charge in [0.2, 0.25) is 10.0 Å². The number of hydrogen-bond acceptors (Lipinski definition) is 4. The van der Waals surface area contributed by atoms with Crippen molar-refractivity contribution in [2.24, 2.45) is 0 Å². The molecule has 0 heterocycles. The number of carbonyl (C=O) groups excluding carboxylic acids is 1. The van der Waals surface area contributed by atoms with Crippen molar-refractivity contribution < 1.29 is 17.9 Å². The molecule has 0 aliphatic heterocycles. The third-order valence-corrected chi connectivity index (χ3v) is 4.24. The van der Waals surface area contributed by atoms with Crippen LogP contribution in [0.3, 0.4) is 0 Å². The molecule has 0 bridgehead atoms. The Hall–Kier alpha value is -1.60. The lowest BCUT2D eigenvalue weighted by Gasteiger charge is -2.19. The van der Waals surface area contributed by atoms with Crippen LogP contribution in [0.4, 0.5) is 0 Å². The Morgan fingerprint density at radius 3 is 2.52 bits per heavy atom. The van der Waals surface area contributed by atoms with E-state index in [1.54, 1.807) is 24.3 Å². The van der Waals surface area contributed by atoms with Crippen LogP contribution in [-0.2, 0) is 10.0 Å². The molecule has 118 valence electrons. The summed E-state index contributed by atoms with van der Waals surface area (Å²) in [6, 6.07) is 6.89. The maximum atomic E-state index is 12.1. The highest BCUT2D eigenvalue weighted by atomic mass is 32.2. The summed E-state index contributed by atoms with van der Waals surface area (Å²) >= 11 is 0. The standard InChI is InChI=1S/C14H22N2O4S/c1-4-10-16(21(3,18)19)11-9-15-14(17)12-7-5-6-8-13(12)20-2/h5-8H,4,9-11H2,1-3H3,(H,15,17). The van der Waals surface area contributed by atoms with Crippen LogP contribution in [0.5, 0.6) is 5.75 Å². The van der Waals surface area contributed by atoms with Crippen molar-refractivity contribution >= 4 is 15.9 Å². The molecule has 0 atom stereocenters. The van der Waals surface area contributed by atoms with Gasteiger partial charge in [0, 0.05) is 19.6 Å². The van der Waals surface area contributed by atoms with E-state index >= 15 is 0 Å². The Balaban J connectivity index is 2.60. The lowest BCUT2D eigenvalue weighted by molar-refractivity contribution is 0.0948. The lowest BCUT2D eigenvalue weighted by Crippen LogP contribution is -2.38. The monoisotopic (exact) mass is 314 g/mol. The molecule has 1 amide bonds. The summed E-state index contributed by atoms with van der Waals surface area (Å²) in [6.45, 7) is 2.87. The van der Waals surface area contributed by atoms with Gasteiger partial charge in [-0.3, -0.25) is 4.79 Å². The average molecular weight is 314 g/mol. The van der Waals surface area contributed by atoms with Crippen molar-refractivity contribution in [1.82, 2.24) is 9.62 Å². The van der Waals surface area contributed by atoms with Crippen molar-refractivity contribution in [3.8, 4) is 5.75 Å². The summed E-state index contributed by atoms with van der Waals surface area (Å²) in [4.78, 5) is 12.1. The summed E-state index contributed by atoms with van der Waals surface area (Å²) in [7, 11) is -1.75. The van der Waals surface area contributed by atoms with E-state index < -0.39 is 10.0 Å². The third-order valence-electron chi connectivity index (χ3n) is 2.94. The zero-order valence-corrected chi connectivity index (χ0v) is 13.4. The van der Waals surface area contributed by atoms with Gasteiger partial charge in [-0.25, -0.2) is 12.7 Å². The average Bonchev–Trinajstić information content (AvgIpc) is 2.45. The van der Waals surface area contributed by atoms with Crippen molar-refractivity contribution in [2.75, 3.05) is 33.0 Å². The zero-order chi connectivity index (χ0) is 15.9. The molecule has 21 heavy (non-hydrogen) atoms. The molecule has 0 unspecified atom stereocenters. The van der Waals surface area contributed by atoms with Crippen molar-refractivity contribution in [1.29, 1.82) is 0 Å². The van der Waals surface area contributed by atoms with Crippen LogP contribution in [0.15, 0.2) is 24.3 Å². The Kier molecular flexibility index (Phi) is 6.64. The number of nitrogens with one attached hydrogen (secondary N) is 1. The summed E-state index contributed by atoms with van der Waals surface area (Å²) < 4.78 is 29.6. The molecule has 6 nitrogen and oxygen atoms in total. The Bertz CT molecular complexity index is 572. The Morgan fingerprint density at radius 1 is 1.29 bits per heavy atom. The van der Waals surface area contributed by atoms with Gasteiger partial charge in [0.05, 0.1) is 18.9 Å². The first-order valence-corrected chi connectivity index (χ1v) is 8.61. The molecule has 0 saturated carbocycles. The fourth-order valence-corrected chi connectivity index (χ4v) is 2.85. The zero-order valence-electron chi connectivity index (χ0n) is 12.6. The number of hydrogen-bond donors (Lipinski definition) is 1. The number of amides is 1. The van der Waals surface area contributed by atoms with Gasteiger partial charge in [0.1, 0.15) is 5.75 Å². The number of rotatable bonds is 8. The van der Waals surface area contributed by atoms with Gasteiger partial charge in [-0.05, 0) is 18.6 Å². The molecule has 1 aromatic carbocycles. The second-order valence-corrected chi connectivity index (χ2v) is 6.60. The molecule has 1 rings (SSSR count). The summed E-state index contributed by atoms with van der Waals surface area (Å²) in [6.07, 6.45) is 1.90. The highest BCUT2D eigenvalue weighted by Crippen LogP contribution is 2.16. The van der Waals surface area contributed by atoms with Crippen LogP contribution in [0, 0.1) is 0 Å². The SMILES string of the molecule is CCCN(CCNC(=O)c1ccccc1OC)S(C)(=O)=O. The molecule has 0 aliphatic carbocycles. The smallest absolute Gasteiger partial charge is 0.255 e. The molecule has 0 spiro atoms. The highest BCUT2D eigenvalue weighted by Gasteiger charge is 2.16. The number of sulfonamides is 1. The molecule has 0 saturated heterocycles. The molecule has 0 radical (unpaired) electrons. The minimum Gasteiger partial charge on any atom is -0.496 e. The van der Waals surface area contributed by atoms with Crippen LogP contribution >= 0.6 is 0 Å². The molecular formula is C14H22N2O4S. The van der Waals surface area contributed by atoms with Crippen LogP contribution < -0.4 is 10.1 Å². The molecule has 0 fully saturated rings. The normalized spacial score (nSPS) is 11.4. The number of benzene rings is 1. The number of methoxy groups -OCH3 is 1. The second-order valence-electron chi connectivity index (χ2n) is 4.62. The first kappa shape index (κ1) is 17.5. The van der Waals surface area contributed by atoms with Crippen LogP contribution in [0.2, 0.25) is 0 Å². The van der Waals surface area contributed by atoms with Gasteiger partial charge in [-0.15, -0.1) is 0 Å². The number of ether oxygens (including phenoxy) is 1. The van der Waals surface area contributed by atoms with Crippen molar-refractivity contribution in [2.45, 2.75) is 13.3 Å². The molecule has 7 heteroatoms. The predicted molar refractivity (Wildman–Crippen MR) is 82.0 cm³/mol. The van der Waals surface area contributed by atoms with Gasteiger partial charge in [0.25, 0.3) is 5.91 Å². The topological polar surface area (TPSA) is 75.7 Å². The molecular weight excluding hydrogens is 292 g/mol. The van der Waals surface area contributed by atoms with Crippen LogP contribution in [0.1, 0.15) is 23.7 Å². The molecule has 1 N–H and O–H groups in total. The van der Waals surface area contributed by atoms with Gasteiger partial charge in [0.15, 0.2) is 0 Å². The Morgan fingerprint density at radius 2 is 1.95 bits per heavy atom. The van der Waals surface area contributed by atoms with Crippen LogP contribution in [0.25, 0.3) is 0 Å². The molecule has 1 aromatic rings.